The molecule has 2 rings (SSSR count). The van der Waals surface area contributed by atoms with Crippen molar-refractivity contribution in [1.29, 1.82) is 5.26 Å². The molecule has 0 amide bonds. The molecule has 4 heteroatoms. The van der Waals surface area contributed by atoms with Gasteiger partial charge in [0.1, 0.15) is 0 Å². The van der Waals surface area contributed by atoms with Gasteiger partial charge in [-0.25, -0.2) is 0 Å². The third-order valence-corrected chi connectivity index (χ3v) is 2.84. The molecule has 0 heterocycles. The summed E-state index contributed by atoms with van der Waals surface area (Å²) in [6.07, 6.45) is 0. The number of nitriles is 1. The Morgan fingerprint density at radius 3 is 2.63 bits per heavy atom. The van der Waals surface area contributed by atoms with E-state index in [4.69, 9.17) is 15.1 Å². The van der Waals surface area contributed by atoms with Gasteiger partial charge < -0.3 is 15.2 Å². The van der Waals surface area contributed by atoms with Crippen LogP contribution in [0.25, 0.3) is 10.8 Å². The Bertz CT molecular complexity index is 590. The highest BCUT2D eigenvalue weighted by Crippen LogP contribution is 2.26. The average molecular weight is 256 g/mol. The molecule has 0 bridgehead atoms. The standard InChI is InChI=1S/C15H16N2O2/c16-11-12-5-6-15(17-7-9-19-10-8-18)14-4-2-1-3-13(12)14/h1-6,17-18H,7-10H2. The Hall–Kier alpha value is -2.09. The minimum atomic E-state index is 0.0415. The number of hydrogen-bond donors (Lipinski definition) is 2. The van der Waals surface area contributed by atoms with E-state index < -0.39 is 0 Å². The molecular formula is C15H16N2O2. The summed E-state index contributed by atoms with van der Waals surface area (Å²) in [5, 5.41) is 23.0. The number of nitrogens with one attached hydrogen (secondary N) is 1. The summed E-state index contributed by atoms with van der Waals surface area (Å²) in [5.74, 6) is 0. The molecule has 0 aliphatic rings. The topological polar surface area (TPSA) is 65.3 Å². The molecule has 19 heavy (non-hydrogen) atoms. The molecule has 0 aromatic heterocycles. The van der Waals surface area contributed by atoms with Crippen LogP contribution in [0.5, 0.6) is 0 Å². The first-order valence-electron chi connectivity index (χ1n) is 6.21. The highest BCUT2D eigenvalue weighted by molar-refractivity contribution is 5.97. The van der Waals surface area contributed by atoms with Gasteiger partial charge >= 0.3 is 0 Å². The smallest absolute Gasteiger partial charge is 0.0998 e. The van der Waals surface area contributed by atoms with Crippen molar-refractivity contribution in [3.05, 3.63) is 42.0 Å². The summed E-state index contributed by atoms with van der Waals surface area (Å²) in [6.45, 7) is 1.60. The lowest BCUT2D eigenvalue weighted by Crippen LogP contribution is -2.11. The Balaban J connectivity index is 2.14. The van der Waals surface area contributed by atoms with Crippen LogP contribution in [0, 0.1) is 11.3 Å². The molecular weight excluding hydrogens is 240 g/mol. The largest absolute Gasteiger partial charge is 0.394 e. The Morgan fingerprint density at radius 1 is 1.11 bits per heavy atom. The normalized spacial score (nSPS) is 10.3. The van der Waals surface area contributed by atoms with E-state index in [1.807, 2.05) is 36.4 Å². The van der Waals surface area contributed by atoms with Gasteiger partial charge in [0.2, 0.25) is 0 Å². The van der Waals surface area contributed by atoms with E-state index in [-0.39, 0.29) is 6.61 Å². The van der Waals surface area contributed by atoms with Crippen molar-refractivity contribution in [1.82, 2.24) is 0 Å². The molecule has 0 spiro atoms. The fourth-order valence-corrected chi connectivity index (χ4v) is 1.98. The fraction of sp³-hybridized carbons (Fsp3) is 0.267. The average Bonchev–Trinajstić information content (AvgIpc) is 2.47. The molecule has 2 N–H and O–H groups in total. The minimum Gasteiger partial charge on any atom is -0.394 e. The second-order valence-corrected chi connectivity index (χ2v) is 4.08. The van der Waals surface area contributed by atoms with Crippen LogP contribution in [-0.2, 0) is 4.74 Å². The van der Waals surface area contributed by atoms with Gasteiger partial charge in [0.25, 0.3) is 0 Å². The van der Waals surface area contributed by atoms with Gasteiger partial charge in [-0.2, -0.15) is 5.26 Å². The van der Waals surface area contributed by atoms with Gasteiger partial charge in [-0.3, -0.25) is 0 Å². The van der Waals surface area contributed by atoms with E-state index in [1.54, 1.807) is 0 Å². The molecule has 0 atom stereocenters. The zero-order valence-corrected chi connectivity index (χ0v) is 10.6. The quantitative estimate of drug-likeness (QED) is 0.777. The van der Waals surface area contributed by atoms with Gasteiger partial charge in [-0.1, -0.05) is 24.3 Å². The molecule has 0 unspecified atom stereocenters. The summed E-state index contributed by atoms with van der Waals surface area (Å²) < 4.78 is 5.20. The number of benzene rings is 2. The summed E-state index contributed by atoms with van der Waals surface area (Å²) in [4.78, 5) is 0. The number of aliphatic hydroxyl groups is 1. The molecule has 0 saturated heterocycles. The monoisotopic (exact) mass is 256 g/mol. The van der Waals surface area contributed by atoms with Crippen LogP contribution >= 0.6 is 0 Å². The number of rotatable bonds is 6. The zero-order valence-electron chi connectivity index (χ0n) is 10.6. The van der Waals surface area contributed by atoms with Crippen LogP contribution in [0.15, 0.2) is 36.4 Å². The molecule has 0 fully saturated rings. The highest BCUT2D eigenvalue weighted by Gasteiger charge is 2.04. The number of nitrogens with zero attached hydrogens (tertiary/aromatic N) is 1. The van der Waals surface area contributed by atoms with Gasteiger partial charge in [-0.15, -0.1) is 0 Å². The lowest BCUT2D eigenvalue weighted by molar-refractivity contribution is 0.0992. The summed E-state index contributed by atoms with van der Waals surface area (Å²) in [6, 6.07) is 13.8. The Morgan fingerprint density at radius 2 is 1.89 bits per heavy atom. The van der Waals surface area contributed by atoms with E-state index in [1.165, 1.54) is 0 Å². The van der Waals surface area contributed by atoms with Gasteiger partial charge in [0, 0.05) is 23.0 Å². The van der Waals surface area contributed by atoms with E-state index >= 15 is 0 Å². The van der Waals surface area contributed by atoms with Crippen molar-refractivity contribution in [2.45, 2.75) is 0 Å². The molecule has 0 aliphatic heterocycles. The van der Waals surface area contributed by atoms with Crippen LogP contribution in [-0.4, -0.2) is 31.5 Å². The third kappa shape index (κ3) is 3.22. The van der Waals surface area contributed by atoms with E-state index in [0.717, 1.165) is 16.5 Å². The van der Waals surface area contributed by atoms with Crippen molar-refractivity contribution in [2.24, 2.45) is 0 Å². The lowest BCUT2D eigenvalue weighted by atomic mass is 10.0. The lowest BCUT2D eigenvalue weighted by Gasteiger charge is -2.10. The van der Waals surface area contributed by atoms with Gasteiger partial charge in [0.15, 0.2) is 0 Å². The van der Waals surface area contributed by atoms with Crippen molar-refractivity contribution in [3.63, 3.8) is 0 Å². The summed E-state index contributed by atoms with van der Waals surface area (Å²) in [7, 11) is 0. The predicted molar refractivity (Wildman–Crippen MR) is 75.1 cm³/mol. The SMILES string of the molecule is N#Cc1ccc(NCCOCCO)c2ccccc12. The number of anilines is 1. The maximum Gasteiger partial charge on any atom is 0.0998 e. The number of hydrogen-bond acceptors (Lipinski definition) is 4. The molecule has 2 aromatic rings. The van der Waals surface area contributed by atoms with Crippen LogP contribution in [0.2, 0.25) is 0 Å². The molecule has 4 nitrogen and oxygen atoms in total. The molecule has 0 saturated carbocycles. The van der Waals surface area contributed by atoms with Crippen molar-refractivity contribution < 1.29 is 9.84 Å². The van der Waals surface area contributed by atoms with E-state index in [2.05, 4.69) is 11.4 Å². The molecule has 0 radical (unpaired) electrons. The van der Waals surface area contributed by atoms with Crippen molar-refractivity contribution in [3.8, 4) is 6.07 Å². The maximum absolute atomic E-state index is 9.09. The minimum absolute atomic E-state index is 0.0415. The van der Waals surface area contributed by atoms with Crippen LogP contribution in [0.1, 0.15) is 5.56 Å². The Kier molecular flexibility index (Phi) is 4.73. The number of ether oxygens (including phenoxy) is 1. The second-order valence-electron chi connectivity index (χ2n) is 4.08. The number of fused-ring (bicyclic) bond motifs is 1. The van der Waals surface area contributed by atoms with Gasteiger partial charge in [0.05, 0.1) is 31.5 Å². The van der Waals surface area contributed by atoms with Crippen LogP contribution in [0.3, 0.4) is 0 Å². The van der Waals surface area contributed by atoms with E-state index in [0.29, 0.717) is 25.3 Å². The summed E-state index contributed by atoms with van der Waals surface area (Å²) >= 11 is 0. The van der Waals surface area contributed by atoms with E-state index in [9.17, 15) is 0 Å². The number of aliphatic hydroxyl groups excluding tert-OH is 1. The van der Waals surface area contributed by atoms with Gasteiger partial charge in [-0.05, 0) is 12.1 Å². The third-order valence-electron chi connectivity index (χ3n) is 2.84. The first-order chi connectivity index (χ1) is 9.36. The molecule has 98 valence electrons. The molecule has 2 aromatic carbocycles. The fourth-order valence-electron chi connectivity index (χ4n) is 1.98. The molecule has 0 aliphatic carbocycles. The second kappa shape index (κ2) is 6.74. The van der Waals surface area contributed by atoms with Crippen molar-refractivity contribution in [2.75, 3.05) is 31.7 Å². The summed E-state index contributed by atoms with van der Waals surface area (Å²) in [5.41, 5.74) is 1.67. The zero-order chi connectivity index (χ0) is 13.5. The first kappa shape index (κ1) is 13.3. The first-order valence-corrected chi connectivity index (χ1v) is 6.21. The van der Waals surface area contributed by atoms with Crippen LogP contribution < -0.4 is 5.32 Å². The predicted octanol–water partition coefficient (Wildman–Crippen LogP) is 2.13. The Labute approximate surface area is 112 Å². The van der Waals surface area contributed by atoms with Crippen molar-refractivity contribution >= 4 is 16.5 Å². The highest BCUT2D eigenvalue weighted by atomic mass is 16.5. The van der Waals surface area contributed by atoms with Crippen LogP contribution in [0.4, 0.5) is 5.69 Å². The maximum atomic E-state index is 9.09.